The normalized spacial score (nSPS) is 27.3. The minimum atomic E-state index is -3.30. The highest BCUT2D eigenvalue weighted by Crippen LogP contribution is 2.35. The van der Waals surface area contributed by atoms with Crippen molar-refractivity contribution < 1.29 is 8.42 Å². The molecule has 3 rings (SSSR count). The third kappa shape index (κ3) is 2.45. The molecule has 19 heavy (non-hydrogen) atoms. The molecule has 4 nitrogen and oxygen atoms in total. The number of fused-ring (bicyclic) bond motifs is 1. The molecule has 3 heterocycles. The van der Waals surface area contributed by atoms with Crippen LogP contribution in [0.25, 0.3) is 0 Å². The van der Waals surface area contributed by atoms with Crippen LogP contribution >= 0.6 is 23.7 Å². The van der Waals surface area contributed by atoms with E-state index in [1.165, 1.54) is 0 Å². The summed E-state index contributed by atoms with van der Waals surface area (Å²) in [6.07, 6.45) is 0.985. The Kier molecular flexibility index (Phi) is 4.28. The lowest BCUT2D eigenvalue weighted by atomic mass is 10.1. The van der Waals surface area contributed by atoms with E-state index < -0.39 is 10.0 Å². The van der Waals surface area contributed by atoms with Gasteiger partial charge in [-0.2, -0.15) is 4.31 Å². The lowest BCUT2D eigenvalue weighted by Crippen LogP contribution is -2.39. The fourth-order valence-corrected chi connectivity index (χ4v) is 6.32. The average Bonchev–Trinajstić information content (AvgIpc) is 2.91. The molecule has 0 aromatic carbocycles. The summed E-state index contributed by atoms with van der Waals surface area (Å²) in [6.45, 7) is 6.28. The molecule has 0 unspecified atom stereocenters. The van der Waals surface area contributed by atoms with E-state index in [9.17, 15) is 8.42 Å². The highest BCUT2D eigenvalue weighted by molar-refractivity contribution is 7.89. The summed E-state index contributed by atoms with van der Waals surface area (Å²) in [4.78, 5) is 2.48. The van der Waals surface area contributed by atoms with Crippen molar-refractivity contribution in [3.05, 3.63) is 15.8 Å². The van der Waals surface area contributed by atoms with E-state index in [0.29, 0.717) is 17.4 Å². The standard InChI is InChI=1S/C12H18N2O2S2.ClH/c1-8-5-12(9(2)17-8)18(15,16)14-4-3-10-6-13-7-11(10)14;/h5,10-11,13H,3-4,6-7H2,1-2H3;1H/t10-,11+;/m0./s1. The van der Waals surface area contributed by atoms with Gasteiger partial charge >= 0.3 is 0 Å². The Labute approximate surface area is 124 Å². The van der Waals surface area contributed by atoms with Crippen molar-refractivity contribution >= 4 is 33.8 Å². The molecule has 2 fully saturated rings. The number of rotatable bonds is 2. The van der Waals surface area contributed by atoms with Gasteiger partial charge in [0.05, 0.1) is 4.90 Å². The van der Waals surface area contributed by atoms with E-state index in [4.69, 9.17) is 0 Å². The summed E-state index contributed by atoms with van der Waals surface area (Å²) < 4.78 is 27.1. The van der Waals surface area contributed by atoms with Crippen molar-refractivity contribution in [2.45, 2.75) is 31.2 Å². The van der Waals surface area contributed by atoms with Crippen LogP contribution in [0.2, 0.25) is 0 Å². The van der Waals surface area contributed by atoms with Crippen molar-refractivity contribution in [1.29, 1.82) is 0 Å². The third-order valence-corrected chi connectivity index (χ3v) is 7.12. The molecule has 1 N–H and O–H groups in total. The molecule has 2 aliphatic rings. The molecule has 2 saturated heterocycles. The summed E-state index contributed by atoms with van der Waals surface area (Å²) >= 11 is 1.56. The molecule has 0 bridgehead atoms. The van der Waals surface area contributed by atoms with Gasteiger partial charge in [0.25, 0.3) is 0 Å². The smallest absolute Gasteiger partial charge is 0.244 e. The Morgan fingerprint density at radius 3 is 2.74 bits per heavy atom. The largest absolute Gasteiger partial charge is 0.315 e. The van der Waals surface area contributed by atoms with E-state index >= 15 is 0 Å². The maximum atomic E-state index is 12.7. The van der Waals surface area contributed by atoms with Crippen LogP contribution in [0.5, 0.6) is 0 Å². The van der Waals surface area contributed by atoms with Gasteiger partial charge in [0.15, 0.2) is 0 Å². The Balaban J connectivity index is 0.00000133. The molecule has 1 aromatic heterocycles. The molecule has 1 aromatic rings. The molecule has 2 aliphatic heterocycles. The molecule has 0 spiro atoms. The second kappa shape index (κ2) is 5.33. The SMILES string of the molecule is Cc1cc(S(=O)(=O)N2CC[C@H]3CNC[C@H]32)c(C)s1.Cl. The van der Waals surface area contributed by atoms with Gasteiger partial charge in [-0.15, -0.1) is 23.7 Å². The monoisotopic (exact) mass is 322 g/mol. The fourth-order valence-electron chi connectivity index (χ4n) is 3.10. The highest BCUT2D eigenvalue weighted by atomic mass is 35.5. The second-order valence-electron chi connectivity index (χ2n) is 5.17. The van der Waals surface area contributed by atoms with Gasteiger partial charge in [-0.3, -0.25) is 0 Å². The van der Waals surface area contributed by atoms with Crippen molar-refractivity contribution in [1.82, 2.24) is 9.62 Å². The van der Waals surface area contributed by atoms with Gasteiger partial charge in [-0.1, -0.05) is 0 Å². The summed E-state index contributed by atoms with van der Waals surface area (Å²) in [7, 11) is -3.30. The average molecular weight is 323 g/mol. The van der Waals surface area contributed by atoms with Crippen LogP contribution in [0.4, 0.5) is 0 Å². The molecular weight excluding hydrogens is 304 g/mol. The van der Waals surface area contributed by atoms with Crippen LogP contribution in [0.3, 0.4) is 0 Å². The lowest BCUT2D eigenvalue weighted by Gasteiger charge is -2.22. The molecule has 7 heteroatoms. The molecule has 0 radical (unpaired) electrons. The Hall–Kier alpha value is -0.140. The van der Waals surface area contributed by atoms with Crippen molar-refractivity contribution in [3.8, 4) is 0 Å². The van der Waals surface area contributed by atoms with Crippen LogP contribution in [-0.4, -0.2) is 38.4 Å². The van der Waals surface area contributed by atoms with Gasteiger partial charge in [0, 0.05) is 28.9 Å². The first kappa shape index (κ1) is 15.3. The van der Waals surface area contributed by atoms with Crippen LogP contribution in [0.1, 0.15) is 16.2 Å². The number of nitrogens with zero attached hydrogens (tertiary/aromatic N) is 1. The van der Waals surface area contributed by atoms with Crippen LogP contribution < -0.4 is 5.32 Å². The van der Waals surface area contributed by atoms with Crippen LogP contribution in [0, 0.1) is 19.8 Å². The zero-order chi connectivity index (χ0) is 12.9. The van der Waals surface area contributed by atoms with Gasteiger partial charge in [0.2, 0.25) is 10.0 Å². The van der Waals surface area contributed by atoms with E-state index in [2.05, 4.69) is 5.32 Å². The number of aryl methyl sites for hydroxylation is 2. The number of halogens is 1. The fraction of sp³-hybridized carbons (Fsp3) is 0.667. The van der Waals surface area contributed by atoms with Crippen LogP contribution in [-0.2, 0) is 10.0 Å². The van der Waals surface area contributed by atoms with Gasteiger partial charge in [-0.25, -0.2) is 8.42 Å². The Bertz CT molecular complexity index is 570. The zero-order valence-corrected chi connectivity index (χ0v) is 13.5. The first-order valence-corrected chi connectivity index (χ1v) is 8.55. The summed E-state index contributed by atoms with van der Waals surface area (Å²) in [5.41, 5.74) is 0. The van der Waals surface area contributed by atoms with E-state index in [-0.39, 0.29) is 18.4 Å². The summed E-state index contributed by atoms with van der Waals surface area (Å²) in [6, 6.07) is 1.97. The molecule has 0 aliphatic carbocycles. The number of hydrogen-bond acceptors (Lipinski definition) is 4. The third-order valence-electron chi connectivity index (χ3n) is 3.98. The van der Waals surface area contributed by atoms with E-state index in [1.54, 1.807) is 15.6 Å². The van der Waals surface area contributed by atoms with E-state index in [0.717, 1.165) is 29.3 Å². The minimum absolute atomic E-state index is 0. The number of hydrogen-bond donors (Lipinski definition) is 1. The second-order valence-corrected chi connectivity index (χ2v) is 8.49. The predicted octanol–water partition coefficient (Wildman–Crippen LogP) is 1.77. The molecular formula is C12H19ClN2O2S2. The minimum Gasteiger partial charge on any atom is -0.315 e. The quantitative estimate of drug-likeness (QED) is 0.903. The molecule has 108 valence electrons. The maximum Gasteiger partial charge on any atom is 0.244 e. The molecule has 0 saturated carbocycles. The Morgan fingerprint density at radius 1 is 1.37 bits per heavy atom. The predicted molar refractivity (Wildman–Crippen MR) is 79.7 cm³/mol. The molecule has 2 atom stereocenters. The topological polar surface area (TPSA) is 49.4 Å². The number of nitrogens with one attached hydrogen (secondary N) is 1. The highest BCUT2D eigenvalue weighted by Gasteiger charge is 2.44. The van der Waals surface area contributed by atoms with Crippen molar-refractivity contribution in [2.75, 3.05) is 19.6 Å². The molecule has 0 amide bonds. The summed E-state index contributed by atoms with van der Waals surface area (Å²) in [5, 5.41) is 3.29. The van der Waals surface area contributed by atoms with Crippen molar-refractivity contribution in [3.63, 3.8) is 0 Å². The van der Waals surface area contributed by atoms with Gasteiger partial charge in [-0.05, 0) is 38.8 Å². The first-order chi connectivity index (χ1) is 8.50. The van der Waals surface area contributed by atoms with E-state index in [1.807, 2.05) is 19.9 Å². The van der Waals surface area contributed by atoms with Crippen molar-refractivity contribution in [2.24, 2.45) is 5.92 Å². The first-order valence-electron chi connectivity index (χ1n) is 6.30. The summed E-state index contributed by atoms with van der Waals surface area (Å²) in [5.74, 6) is 0.500. The Morgan fingerprint density at radius 2 is 2.11 bits per heavy atom. The number of thiophene rings is 1. The zero-order valence-electron chi connectivity index (χ0n) is 11.0. The number of sulfonamides is 1. The van der Waals surface area contributed by atoms with Gasteiger partial charge < -0.3 is 5.32 Å². The maximum absolute atomic E-state index is 12.7. The van der Waals surface area contributed by atoms with Crippen LogP contribution in [0.15, 0.2) is 11.0 Å². The lowest BCUT2D eigenvalue weighted by molar-refractivity contribution is 0.383. The van der Waals surface area contributed by atoms with Gasteiger partial charge in [0.1, 0.15) is 0 Å².